The van der Waals surface area contributed by atoms with E-state index in [1.165, 1.54) is 5.39 Å². The highest BCUT2D eigenvalue weighted by Crippen LogP contribution is 2.41. The van der Waals surface area contributed by atoms with Gasteiger partial charge in [0.2, 0.25) is 0 Å². The third kappa shape index (κ3) is 4.58. The number of benzene rings is 8. The Morgan fingerprint density at radius 2 is 0.709 bits per heavy atom. The number of hydrogen-bond donors (Lipinski definition) is 0. The van der Waals surface area contributed by atoms with E-state index in [-0.39, 0.29) is 0 Å². The molecular weight excluding hydrogens is 671 g/mol. The van der Waals surface area contributed by atoms with Gasteiger partial charge in [-0.15, -0.1) is 0 Å². The van der Waals surface area contributed by atoms with Gasteiger partial charge in [-0.25, -0.2) is 0 Å². The molecule has 0 aliphatic rings. The van der Waals surface area contributed by atoms with Crippen LogP contribution in [0.25, 0.3) is 93.6 Å². The van der Waals surface area contributed by atoms with Gasteiger partial charge in [0.25, 0.3) is 0 Å². The van der Waals surface area contributed by atoms with Crippen LogP contribution in [0.4, 0.5) is 0 Å². The minimum Gasteiger partial charge on any atom is -0.309 e. The van der Waals surface area contributed by atoms with E-state index in [1.54, 1.807) is 0 Å². The zero-order valence-corrected chi connectivity index (χ0v) is 29.5. The molecule has 0 spiro atoms. The molecule has 5 nitrogen and oxygen atoms in total. The first-order chi connectivity index (χ1) is 27.2. The number of para-hydroxylation sites is 3. The Bertz CT molecular complexity index is 3450. The largest absolute Gasteiger partial charge is 0.309 e. The number of nitriles is 2. The van der Waals surface area contributed by atoms with Crippen molar-refractivity contribution in [3.05, 3.63) is 187 Å². The van der Waals surface area contributed by atoms with E-state index in [1.807, 2.05) is 30.3 Å². The summed E-state index contributed by atoms with van der Waals surface area (Å²) in [6.45, 7) is 0. The van der Waals surface area contributed by atoms with E-state index < -0.39 is 0 Å². The summed E-state index contributed by atoms with van der Waals surface area (Å²) in [6, 6.07) is 66.2. The lowest BCUT2D eigenvalue weighted by atomic mass is 10.0. The smallest absolute Gasteiger partial charge is 0.0991 e. The molecule has 0 radical (unpaired) electrons. The van der Waals surface area contributed by atoms with Crippen LogP contribution in [0.3, 0.4) is 0 Å². The van der Waals surface area contributed by atoms with Gasteiger partial charge in [-0.1, -0.05) is 78.9 Å². The van der Waals surface area contributed by atoms with Gasteiger partial charge >= 0.3 is 0 Å². The standard InChI is InChI=1S/C50H29N5/c51-30-32-20-22-47-41(24-32)39-16-4-6-18-45(39)54(47)37-14-8-10-34(26-37)35-11-9-15-38(27-35)55-46-19-7-5-17-40(46)43-28-44-42-25-33(31-52)21-23-48(42)53(50(44)29-49(43)55)36-12-2-1-3-13-36/h1-29H. The zero-order valence-electron chi connectivity index (χ0n) is 29.5. The maximum absolute atomic E-state index is 9.83. The molecule has 0 atom stereocenters. The van der Waals surface area contributed by atoms with Crippen molar-refractivity contribution in [1.82, 2.24) is 13.7 Å². The summed E-state index contributed by atoms with van der Waals surface area (Å²) >= 11 is 0. The Labute approximate surface area is 316 Å². The predicted molar refractivity (Wildman–Crippen MR) is 224 cm³/mol. The molecular formula is C50H29N5. The average molecular weight is 700 g/mol. The topological polar surface area (TPSA) is 62.4 Å². The van der Waals surface area contributed by atoms with Crippen molar-refractivity contribution in [1.29, 1.82) is 10.5 Å². The second-order valence-electron chi connectivity index (χ2n) is 14.1. The van der Waals surface area contributed by atoms with Gasteiger partial charge < -0.3 is 13.7 Å². The highest BCUT2D eigenvalue weighted by molar-refractivity contribution is 6.19. The molecule has 11 rings (SSSR count). The number of nitrogens with zero attached hydrogens (tertiary/aromatic N) is 5. The third-order valence-electron chi connectivity index (χ3n) is 11.0. The first-order valence-corrected chi connectivity index (χ1v) is 18.3. The van der Waals surface area contributed by atoms with Crippen molar-refractivity contribution in [3.8, 4) is 40.3 Å². The van der Waals surface area contributed by atoms with Crippen LogP contribution in [0.5, 0.6) is 0 Å². The van der Waals surface area contributed by atoms with Gasteiger partial charge in [0.1, 0.15) is 0 Å². The number of aromatic nitrogens is 3. The molecule has 3 heterocycles. The lowest BCUT2D eigenvalue weighted by molar-refractivity contribution is 1.16. The Morgan fingerprint density at radius 3 is 1.27 bits per heavy atom. The summed E-state index contributed by atoms with van der Waals surface area (Å²) in [5, 5.41) is 26.2. The van der Waals surface area contributed by atoms with Crippen LogP contribution >= 0.6 is 0 Å². The molecule has 0 saturated heterocycles. The van der Waals surface area contributed by atoms with E-state index in [2.05, 4.69) is 171 Å². The molecule has 0 aliphatic carbocycles. The molecule has 3 aromatic heterocycles. The second kappa shape index (κ2) is 11.8. The van der Waals surface area contributed by atoms with Gasteiger partial charge in [0.05, 0.1) is 56.4 Å². The number of fused-ring (bicyclic) bond motifs is 9. The maximum atomic E-state index is 9.83. The van der Waals surface area contributed by atoms with Crippen LogP contribution in [-0.2, 0) is 0 Å². The first kappa shape index (κ1) is 30.7. The van der Waals surface area contributed by atoms with Crippen molar-refractivity contribution < 1.29 is 0 Å². The van der Waals surface area contributed by atoms with Crippen LogP contribution < -0.4 is 0 Å². The lowest BCUT2D eigenvalue weighted by Gasteiger charge is -2.13. The molecule has 5 heteroatoms. The summed E-state index contributed by atoms with van der Waals surface area (Å²) < 4.78 is 6.98. The van der Waals surface area contributed by atoms with E-state index in [9.17, 15) is 10.5 Å². The fourth-order valence-corrected chi connectivity index (χ4v) is 8.65. The van der Waals surface area contributed by atoms with Gasteiger partial charge in [0, 0.05) is 49.4 Å². The van der Waals surface area contributed by atoms with E-state index >= 15 is 0 Å². The molecule has 11 aromatic rings. The zero-order chi connectivity index (χ0) is 36.6. The van der Waals surface area contributed by atoms with Crippen molar-refractivity contribution >= 4 is 65.4 Å². The SMILES string of the molecule is N#Cc1ccc2c(c1)c1ccccc1n2-c1cccc(-c2cccc(-n3c4ccccc4c4cc5c6cc(C#N)ccc6n(-c6ccccc6)c5cc43)c2)c1. The first-order valence-electron chi connectivity index (χ1n) is 18.3. The van der Waals surface area contributed by atoms with Gasteiger partial charge in [0.15, 0.2) is 0 Å². The van der Waals surface area contributed by atoms with E-state index in [0.717, 1.165) is 88.2 Å². The highest BCUT2D eigenvalue weighted by Gasteiger charge is 2.19. The van der Waals surface area contributed by atoms with Crippen molar-refractivity contribution in [2.75, 3.05) is 0 Å². The van der Waals surface area contributed by atoms with Crippen LogP contribution in [0.2, 0.25) is 0 Å². The van der Waals surface area contributed by atoms with Gasteiger partial charge in [-0.05, 0) is 108 Å². The third-order valence-corrected chi connectivity index (χ3v) is 11.0. The van der Waals surface area contributed by atoms with E-state index in [0.29, 0.717) is 11.1 Å². The highest BCUT2D eigenvalue weighted by atomic mass is 15.0. The quantitative estimate of drug-likeness (QED) is 0.184. The Balaban J connectivity index is 1.12. The molecule has 0 amide bonds. The lowest BCUT2D eigenvalue weighted by Crippen LogP contribution is -1.97. The fourth-order valence-electron chi connectivity index (χ4n) is 8.65. The summed E-state index contributed by atoms with van der Waals surface area (Å²) in [6.07, 6.45) is 0. The van der Waals surface area contributed by atoms with Crippen molar-refractivity contribution in [2.45, 2.75) is 0 Å². The second-order valence-corrected chi connectivity index (χ2v) is 14.1. The fraction of sp³-hybridized carbons (Fsp3) is 0. The number of rotatable bonds is 4. The Hall–Kier alpha value is -7.86. The van der Waals surface area contributed by atoms with Crippen LogP contribution in [0.1, 0.15) is 11.1 Å². The summed E-state index contributed by atoms with van der Waals surface area (Å²) in [7, 11) is 0. The molecule has 55 heavy (non-hydrogen) atoms. The van der Waals surface area contributed by atoms with Crippen LogP contribution in [0, 0.1) is 22.7 Å². The number of hydrogen-bond acceptors (Lipinski definition) is 2. The molecule has 0 aliphatic heterocycles. The minimum absolute atomic E-state index is 0.648. The van der Waals surface area contributed by atoms with Gasteiger partial charge in [-0.3, -0.25) is 0 Å². The molecule has 0 N–H and O–H groups in total. The molecule has 0 bridgehead atoms. The van der Waals surface area contributed by atoms with Crippen molar-refractivity contribution in [2.24, 2.45) is 0 Å². The summed E-state index contributed by atoms with van der Waals surface area (Å²) in [5.74, 6) is 0. The van der Waals surface area contributed by atoms with Crippen LogP contribution in [-0.4, -0.2) is 13.7 Å². The molecule has 254 valence electrons. The molecule has 0 unspecified atom stereocenters. The minimum atomic E-state index is 0.648. The molecule has 8 aromatic carbocycles. The van der Waals surface area contributed by atoms with E-state index in [4.69, 9.17) is 0 Å². The van der Waals surface area contributed by atoms with Crippen LogP contribution in [0.15, 0.2) is 176 Å². The average Bonchev–Trinajstić information content (AvgIpc) is 3.87. The summed E-state index contributed by atoms with van der Waals surface area (Å²) in [5.41, 5.74) is 13.3. The monoisotopic (exact) mass is 699 g/mol. The Kier molecular flexibility index (Phi) is 6.61. The normalized spacial score (nSPS) is 11.6. The molecule has 0 saturated carbocycles. The summed E-state index contributed by atoms with van der Waals surface area (Å²) in [4.78, 5) is 0. The predicted octanol–water partition coefficient (Wildman–Crippen LogP) is 12.4. The maximum Gasteiger partial charge on any atom is 0.0991 e. The van der Waals surface area contributed by atoms with Crippen molar-refractivity contribution in [3.63, 3.8) is 0 Å². The molecule has 0 fully saturated rings. The Morgan fingerprint density at radius 1 is 0.291 bits per heavy atom. The van der Waals surface area contributed by atoms with Gasteiger partial charge in [-0.2, -0.15) is 10.5 Å².